The summed E-state index contributed by atoms with van der Waals surface area (Å²) in [4.78, 5) is 21.1. The molecule has 0 fully saturated rings. The molecule has 2 aromatic heterocycles. The van der Waals surface area contributed by atoms with E-state index in [-0.39, 0.29) is 11.9 Å². The molecule has 2 N–H and O–H groups in total. The number of amides is 1. The Morgan fingerprint density at radius 2 is 2.24 bits per heavy atom. The highest BCUT2D eigenvalue weighted by atomic mass is 32.1. The summed E-state index contributed by atoms with van der Waals surface area (Å²) in [7, 11) is 1.80. The third kappa shape index (κ3) is 4.01. The summed E-state index contributed by atoms with van der Waals surface area (Å²) < 4.78 is 0. The van der Waals surface area contributed by atoms with Crippen molar-refractivity contribution in [2.24, 2.45) is 0 Å². The number of aromatic nitrogens is 2. The summed E-state index contributed by atoms with van der Waals surface area (Å²) in [6.45, 7) is 4.03. The van der Waals surface area contributed by atoms with Gasteiger partial charge in [0, 0.05) is 29.9 Å². The lowest BCUT2D eigenvalue weighted by atomic mass is 10.1. The third-order valence-corrected chi connectivity index (χ3v) is 4.03. The predicted molar refractivity (Wildman–Crippen MR) is 85.8 cm³/mol. The highest BCUT2D eigenvalue weighted by molar-refractivity contribution is 7.09. The zero-order chi connectivity index (χ0) is 15.2. The van der Waals surface area contributed by atoms with Crippen LogP contribution in [0.15, 0.2) is 23.7 Å². The second-order valence-corrected chi connectivity index (χ2v) is 5.72. The molecule has 0 bridgehead atoms. The maximum atomic E-state index is 12.4. The Morgan fingerprint density at radius 3 is 2.86 bits per heavy atom. The number of hydrogen-bond acceptors (Lipinski definition) is 5. The number of carbonyl (C=O) groups excluding carboxylic acids is 1. The van der Waals surface area contributed by atoms with Gasteiger partial charge in [-0.15, -0.1) is 11.3 Å². The average molecular weight is 304 g/mol. The van der Waals surface area contributed by atoms with E-state index in [1.54, 1.807) is 19.3 Å². The molecule has 0 radical (unpaired) electrons. The monoisotopic (exact) mass is 304 g/mol. The number of thiazole rings is 1. The number of nitrogens with zero attached hydrogens (tertiary/aromatic N) is 2. The van der Waals surface area contributed by atoms with Crippen LogP contribution >= 0.6 is 11.3 Å². The van der Waals surface area contributed by atoms with Crippen LogP contribution in [-0.4, -0.2) is 22.9 Å². The molecule has 1 unspecified atom stereocenters. The van der Waals surface area contributed by atoms with Gasteiger partial charge in [-0.2, -0.15) is 0 Å². The Hall–Kier alpha value is -1.95. The van der Waals surface area contributed by atoms with Gasteiger partial charge in [0.2, 0.25) is 0 Å². The summed E-state index contributed by atoms with van der Waals surface area (Å²) in [6, 6.07) is 3.52. The first-order chi connectivity index (χ1) is 10.1. The number of hydrogen-bond donors (Lipinski definition) is 2. The van der Waals surface area contributed by atoms with E-state index in [2.05, 4.69) is 27.5 Å². The van der Waals surface area contributed by atoms with Gasteiger partial charge in [-0.25, -0.2) is 9.97 Å². The van der Waals surface area contributed by atoms with Gasteiger partial charge in [0.1, 0.15) is 10.8 Å². The van der Waals surface area contributed by atoms with Gasteiger partial charge >= 0.3 is 0 Å². The highest BCUT2D eigenvalue weighted by Gasteiger charge is 2.14. The maximum Gasteiger partial charge on any atom is 0.252 e. The summed E-state index contributed by atoms with van der Waals surface area (Å²) in [6.07, 6.45) is 3.60. The minimum atomic E-state index is -0.103. The largest absolute Gasteiger partial charge is 0.373 e. The van der Waals surface area contributed by atoms with E-state index >= 15 is 0 Å². The van der Waals surface area contributed by atoms with Crippen molar-refractivity contribution in [2.45, 2.75) is 32.7 Å². The molecule has 0 aromatic carbocycles. The standard InChI is InChI=1S/C15H20N4OS/c1-4-5-12-8-11(9-13(16-3)19-12)14(20)18-10(2)15-17-6-7-21-15/h6-10H,4-5H2,1-3H3,(H,16,19)(H,18,20). The first-order valence-electron chi connectivity index (χ1n) is 7.03. The fourth-order valence-corrected chi connectivity index (χ4v) is 2.67. The molecule has 2 heterocycles. The number of carbonyl (C=O) groups is 1. The maximum absolute atomic E-state index is 12.4. The van der Waals surface area contributed by atoms with Crippen LogP contribution in [-0.2, 0) is 6.42 Å². The minimum absolute atomic E-state index is 0.0988. The zero-order valence-electron chi connectivity index (χ0n) is 12.5. The number of rotatable bonds is 6. The first-order valence-corrected chi connectivity index (χ1v) is 7.91. The molecule has 1 atom stereocenters. The molecule has 0 aliphatic carbocycles. The molecule has 1 amide bonds. The lowest BCUT2D eigenvalue weighted by Gasteiger charge is -2.13. The Morgan fingerprint density at radius 1 is 1.43 bits per heavy atom. The van der Waals surface area contributed by atoms with Gasteiger partial charge in [0.15, 0.2) is 0 Å². The van der Waals surface area contributed by atoms with Gasteiger partial charge in [0.05, 0.1) is 6.04 Å². The van der Waals surface area contributed by atoms with Crippen molar-refractivity contribution in [2.75, 3.05) is 12.4 Å². The van der Waals surface area contributed by atoms with Crippen LogP contribution in [0.5, 0.6) is 0 Å². The lowest BCUT2D eigenvalue weighted by Crippen LogP contribution is -2.26. The van der Waals surface area contributed by atoms with Crippen molar-refractivity contribution in [3.63, 3.8) is 0 Å². The molecule has 0 saturated heterocycles. The van der Waals surface area contributed by atoms with E-state index in [9.17, 15) is 4.79 Å². The predicted octanol–water partition coefficient (Wildman–Crippen LogP) is 3.02. The molecular weight excluding hydrogens is 284 g/mol. The molecule has 112 valence electrons. The summed E-state index contributed by atoms with van der Waals surface area (Å²) in [5.74, 6) is 0.613. The molecule has 0 aliphatic heterocycles. The zero-order valence-corrected chi connectivity index (χ0v) is 13.3. The topological polar surface area (TPSA) is 66.9 Å². The number of nitrogens with one attached hydrogen (secondary N) is 2. The number of anilines is 1. The van der Waals surface area contributed by atoms with Crippen LogP contribution in [0, 0.1) is 0 Å². The summed E-state index contributed by atoms with van der Waals surface area (Å²) in [5, 5.41) is 8.78. The van der Waals surface area contributed by atoms with Crippen molar-refractivity contribution in [3.8, 4) is 0 Å². The molecule has 0 spiro atoms. The van der Waals surface area contributed by atoms with Crippen molar-refractivity contribution in [3.05, 3.63) is 40.0 Å². The van der Waals surface area contributed by atoms with Gasteiger partial charge in [-0.1, -0.05) is 13.3 Å². The minimum Gasteiger partial charge on any atom is -0.373 e. The molecule has 0 aliphatic rings. The van der Waals surface area contributed by atoms with Gasteiger partial charge in [0.25, 0.3) is 5.91 Å². The third-order valence-electron chi connectivity index (χ3n) is 3.07. The van der Waals surface area contributed by atoms with Gasteiger partial charge in [-0.05, 0) is 25.5 Å². The molecule has 5 nitrogen and oxygen atoms in total. The van der Waals surface area contributed by atoms with E-state index in [0.717, 1.165) is 23.5 Å². The van der Waals surface area contributed by atoms with Gasteiger partial charge < -0.3 is 10.6 Å². The lowest BCUT2D eigenvalue weighted by molar-refractivity contribution is 0.0939. The first kappa shape index (κ1) is 15.4. The summed E-state index contributed by atoms with van der Waals surface area (Å²) >= 11 is 1.54. The number of aryl methyl sites for hydroxylation is 1. The second-order valence-electron chi connectivity index (χ2n) is 4.80. The SMILES string of the molecule is CCCc1cc(C(=O)NC(C)c2nccs2)cc(NC)n1. The van der Waals surface area contributed by atoms with E-state index < -0.39 is 0 Å². The van der Waals surface area contributed by atoms with Crippen LogP contribution < -0.4 is 10.6 Å². The van der Waals surface area contributed by atoms with Crippen molar-refractivity contribution in [1.82, 2.24) is 15.3 Å². The van der Waals surface area contributed by atoms with Crippen LogP contribution in [0.4, 0.5) is 5.82 Å². The average Bonchev–Trinajstić information content (AvgIpc) is 3.01. The number of pyridine rings is 1. The smallest absolute Gasteiger partial charge is 0.252 e. The van der Waals surface area contributed by atoms with Crippen molar-refractivity contribution in [1.29, 1.82) is 0 Å². The van der Waals surface area contributed by atoms with E-state index in [4.69, 9.17) is 0 Å². The molecule has 2 rings (SSSR count). The molecule has 2 aromatic rings. The van der Waals surface area contributed by atoms with E-state index in [0.29, 0.717) is 11.4 Å². The quantitative estimate of drug-likeness (QED) is 0.861. The molecule has 6 heteroatoms. The van der Waals surface area contributed by atoms with Gasteiger partial charge in [-0.3, -0.25) is 4.79 Å². The van der Waals surface area contributed by atoms with Crippen LogP contribution in [0.1, 0.15) is 47.4 Å². The Bertz CT molecular complexity index is 598. The molecule has 0 saturated carbocycles. The Labute approximate surface area is 128 Å². The van der Waals surface area contributed by atoms with E-state index in [1.165, 1.54) is 11.3 Å². The fraction of sp³-hybridized carbons (Fsp3) is 0.400. The van der Waals surface area contributed by atoms with Crippen molar-refractivity contribution >= 4 is 23.1 Å². The second kappa shape index (κ2) is 7.17. The van der Waals surface area contributed by atoms with E-state index in [1.807, 2.05) is 18.4 Å². The van der Waals surface area contributed by atoms with Crippen LogP contribution in [0.2, 0.25) is 0 Å². The van der Waals surface area contributed by atoms with Crippen LogP contribution in [0.3, 0.4) is 0 Å². The van der Waals surface area contributed by atoms with Crippen LogP contribution in [0.25, 0.3) is 0 Å². The Kier molecular flexibility index (Phi) is 5.27. The normalized spacial score (nSPS) is 12.0. The summed E-state index contributed by atoms with van der Waals surface area (Å²) in [5.41, 5.74) is 1.55. The van der Waals surface area contributed by atoms with Crippen molar-refractivity contribution < 1.29 is 4.79 Å². The molecular formula is C15H20N4OS. The molecule has 21 heavy (non-hydrogen) atoms. The fourth-order valence-electron chi connectivity index (χ4n) is 2.02. The Balaban J connectivity index is 2.16. The highest BCUT2D eigenvalue weighted by Crippen LogP contribution is 2.17.